The van der Waals surface area contributed by atoms with Crippen LogP contribution in [-0.4, -0.2) is 11.7 Å². The number of aliphatic imine (C=N–C) groups is 1. The summed E-state index contributed by atoms with van der Waals surface area (Å²) in [6.07, 6.45) is 0. The molecule has 70 valence electrons. The molecule has 0 unspecified atom stereocenters. The number of hydrogen-bond donors (Lipinski definition) is 0. The van der Waals surface area contributed by atoms with Crippen LogP contribution in [0.25, 0.3) is 0 Å². The average molecular weight is 237 g/mol. The number of nitrogens with zero attached hydrogens (tertiary/aromatic N) is 1. The zero-order chi connectivity index (χ0) is 9.84. The van der Waals surface area contributed by atoms with Gasteiger partial charge in [0.05, 0.1) is 10.0 Å². The van der Waals surface area contributed by atoms with E-state index in [0.29, 0.717) is 21.8 Å². The van der Waals surface area contributed by atoms with Gasteiger partial charge in [-0.2, -0.15) is 0 Å². The molecular weight excluding hydrogens is 228 g/mol. The lowest BCUT2D eigenvalue weighted by molar-refractivity contribution is 1.14. The Hall–Kier alpha value is -0.240. The fraction of sp³-hybridized carbons (Fsp3) is 0.222. The van der Waals surface area contributed by atoms with Crippen LogP contribution in [0.5, 0.6) is 0 Å². The summed E-state index contributed by atoms with van der Waals surface area (Å²) in [5.41, 5.74) is 0.790. The van der Waals surface area contributed by atoms with Crippen molar-refractivity contribution in [3.8, 4) is 0 Å². The molecule has 0 amide bonds. The van der Waals surface area contributed by atoms with Gasteiger partial charge >= 0.3 is 0 Å². The molecule has 0 heterocycles. The highest BCUT2D eigenvalue weighted by atomic mass is 35.5. The molecule has 1 rings (SSSR count). The van der Waals surface area contributed by atoms with E-state index in [4.69, 9.17) is 34.8 Å². The molecule has 0 aromatic heterocycles. The standard InChI is InChI=1S/C9H8Cl3N/c1-2-13-9(12)6-3-4-7(10)8(11)5-6/h3-5H,2H2,1H3/b13-9-. The minimum atomic E-state index is 0.459. The van der Waals surface area contributed by atoms with E-state index >= 15 is 0 Å². The lowest BCUT2D eigenvalue weighted by Crippen LogP contribution is -1.91. The summed E-state index contributed by atoms with van der Waals surface area (Å²) in [4.78, 5) is 4.05. The van der Waals surface area contributed by atoms with Crippen molar-refractivity contribution in [1.29, 1.82) is 0 Å². The van der Waals surface area contributed by atoms with Crippen LogP contribution in [0.15, 0.2) is 23.2 Å². The Labute approximate surface area is 92.3 Å². The molecule has 13 heavy (non-hydrogen) atoms. The van der Waals surface area contributed by atoms with Crippen LogP contribution in [0.2, 0.25) is 10.0 Å². The van der Waals surface area contributed by atoms with E-state index in [9.17, 15) is 0 Å². The Morgan fingerprint density at radius 1 is 1.31 bits per heavy atom. The largest absolute Gasteiger partial charge is 0.273 e. The maximum atomic E-state index is 5.88. The molecular formula is C9H8Cl3N. The lowest BCUT2D eigenvalue weighted by Gasteiger charge is -2.00. The van der Waals surface area contributed by atoms with Crippen molar-refractivity contribution >= 4 is 40.0 Å². The highest BCUT2D eigenvalue weighted by molar-refractivity contribution is 6.69. The Morgan fingerprint density at radius 2 is 2.00 bits per heavy atom. The first-order valence-corrected chi connectivity index (χ1v) is 4.94. The van der Waals surface area contributed by atoms with Crippen molar-refractivity contribution in [1.82, 2.24) is 0 Å². The Balaban J connectivity index is 3.04. The van der Waals surface area contributed by atoms with Gasteiger partial charge in [-0.05, 0) is 19.1 Å². The lowest BCUT2D eigenvalue weighted by atomic mass is 10.2. The van der Waals surface area contributed by atoms with E-state index in [1.54, 1.807) is 18.2 Å². The summed E-state index contributed by atoms with van der Waals surface area (Å²) in [7, 11) is 0. The van der Waals surface area contributed by atoms with Crippen molar-refractivity contribution in [3.05, 3.63) is 33.8 Å². The van der Waals surface area contributed by atoms with Crippen LogP contribution in [0.1, 0.15) is 12.5 Å². The van der Waals surface area contributed by atoms with Gasteiger partial charge in [-0.25, -0.2) is 0 Å². The first kappa shape index (κ1) is 10.8. The normalized spacial score (nSPS) is 11.8. The van der Waals surface area contributed by atoms with Crippen LogP contribution in [-0.2, 0) is 0 Å². The van der Waals surface area contributed by atoms with Gasteiger partial charge in [-0.1, -0.05) is 40.9 Å². The number of benzene rings is 1. The van der Waals surface area contributed by atoms with E-state index < -0.39 is 0 Å². The molecule has 1 aromatic carbocycles. The molecule has 0 saturated heterocycles. The quantitative estimate of drug-likeness (QED) is 0.688. The number of hydrogen-bond acceptors (Lipinski definition) is 1. The summed E-state index contributed by atoms with van der Waals surface area (Å²) in [5, 5.41) is 1.47. The van der Waals surface area contributed by atoms with E-state index in [2.05, 4.69) is 4.99 Å². The molecule has 0 fully saturated rings. The van der Waals surface area contributed by atoms with Gasteiger partial charge in [0.2, 0.25) is 0 Å². The van der Waals surface area contributed by atoms with Crippen LogP contribution >= 0.6 is 34.8 Å². The smallest absolute Gasteiger partial charge is 0.130 e. The molecule has 0 radical (unpaired) electrons. The first-order chi connectivity index (χ1) is 6.15. The third-order valence-electron chi connectivity index (χ3n) is 1.45. The summed E-state index contributed by atoms with van der Waals surface area (Å²) >= 11 is 17.4. The van der Waals surface area contributed by atoms with Crippen LogP contribution < -0.4 is 0 Å². The minimum Gasteiger partial charge on any atom is -0.273 e. The molecule has 4 heteroatoms. The average Bonchev–Trinajstić information content (AvgIpc) is 2.10. The van der Waals surface area contributed by atoms with Gasteiger partial charge in [0.25, 0.3) is 0 Å². The van der Waals surface area contributed by atoms with Crippen molar-refractivity contribution < 1.29 is 0 Å². The van der Waals surface area contributed by atoms with Crippen molar-refractivity contribution in [2.24, 2.45) is 4.99 Å². The van der Waals surface area contributed by atoms with E-state index in [1.165, 1.54) is 0 Å². The SMILES string of the molecule is CC/N=C(\Cl)c1ccc(Cl)c(Cl)c1. The van der Waals surface area contributed by atoms with Gasteiger partial charge in [0.15, 0.2) is 0 Å². The summed E-state index contributed by atoms with van der Waals surface area (Å²) in [6.45, 7) is 2.57. The fourth-order valence-electron chi connectivity index (χ4n) is 0.855. The zero-order valence-corrected chi connectivity index (χ0v) is 9.29. The van der Waals surface area contributed by atoms with Gasteiger partial charge in [-0.15, -0.1) is 0 Å². The highest BCUT2D eigenvalue weighted by Gasteiger charge is 2.02. The molecule has 0 spiro atoms. The molecule has 0 saturated carbocycles. The van der Waals surface area contributed by atoms with E-state index in [1.807, 2.05) is 6.92 Å². The van der Waals surface area contributed by atoms with Crippen LogP contribution in [0.4, 0.5) is 0 Å². The van der Waals surface area contributed by atoms with Crippen molar-refractivity contribution in [2.45, 2.75) is 6.92 Å². The summed E-state index contributed by atoms with van der Waals surface area (Å²) in [5.74, 6) is 0. The second-order valence-corrected chi connectivity index (χ2v) is 3.57. The van der Waals surface area contributed by atoms with E-state index in [-0.39, 0.29) is 0 Å². The second-order valence-electron chi connectivity index (χ2n) is 2.39. The first-order valence-electron chi connectivity index (χ1n) is 3.80. The van der Waals surface area contributed by atoms with E-state index in [0.717, 1.165) is 5.56 Å². The predicted molar refractivity (Wildman–Crippen MR) is 59.4 cm³/mol. The molecule has 0 aliphatic carbocycles. The Morgan fingerprint density at radius 3 is 2.54 bits per heavy atom. The van der Waals surface area contributed by atoms with Gasteiger partial charge in [-0.3, -0.25) is 4.99 Å². The number of halogens is 3. The maximum absolute atomic E-state index is 5.88. The summed E-state index contributed by atoms with van der Waals surface area (Å²) in [6, 6.07) is 5.19. The molecule has 0 aliphatic heterocycles. The Bertz CT molecular complexity index is 334. The van der Waals surface area contributed by atoms with Gasteiger partial charge < -0.3 is 0 Å². The molecule has 0 N–H and O–H groups in total. The molecule has 1 aromatic rings. The van der Waals surface area contributed by atoms with Crippen molar-refractivity contribution in [3.63, 3.8) is 0 Å². The van der Waals surface area contributed by atoms with Gasteiger partial charge in [0, 0.05) is 12.1 Å². The monoisotopic (exact) mass is 235 g/mol. The zero-order valence-electron chi connectivity index (χ0n) is 7.02. The summed E-state index contributed by atoms with van der Waals surface area (Å²) < 4.78 is 0. The maximum Gasteiger partial charge on any atom is 0.130 e. The highest BCUT2D eigenvalue weighted by Crippen LogP contribution is 2.23. The molecule has 0 bridgehead atoms. The topological polar surface area (TPSA) is 12.4 Å². The van der Waals surface area contributed by atoms with Crippen LogP contribution in [0, 0.1) is 0 Å². The van der Waals surface area contributed by atoms with Crippen LogP contribution in [0.3, 0.4) is 0 Å². The minimum absolute atomic E-state index is 0.459. The number of rotatable bonds is 2. The second kappa shape index (κ2) is 4.85. The third kappa shape index (κ3) is 2.87. The molecule has 1 nitrogen and oxygen atoms in total. The predicted octanol–water partition coefficient (Wildman–Crippen LogP) is 4.00. The Kier molecular flexibility index (Phi) is 4.04. The van der Waals surface area contributed by atoms with Crippen molar-refractivity contribution in [2.75, 3.05) is 6.54 Å². The van der Waals surface area contributed by atoms with Gasteiger partial charge in [0.1, 0.15) is 5.17 Å². The molecule has 0 aliphatic rings. The third-order valence-corrected chi connectivity index (χ3v) is 2.53. The molecule has 0 atom stereocenters. The fourth-order valence-corrected chi connectivity index (χ4v) is 1.39.